The summed E-state index contributed by atoms with van der Waals surface area (Å²) in [6.07, 6.45) is 19.8. The van der Waals surface area contributed by atoms with E-state index in [-0.39, 0.29) is 15.3 Å². The summed E-state index contributed by atoms with van der Waals surface area (Å²) >= 11 is 6.35. The zero-order chi connectivity index (χ0) is 16.4. The van der Waals surface area contributed by atoms with Gasteiger partial charge in [-0.15, -0.1) is 0 Å². The zero-order valence-electron chi connectivity index (χ0n) is 13.5. The molecule has 2 unspecified atom stereocenters. The molecule has 2 rings (SSSR count). The maximum absolute atomic E-state index is 13.9. The Balaban J connectivity index is 2.51. The largest absolute Gasteiger partial charge is 0.207 e. The molecular formula is C19H23FS2. The molecule has 0 radical (unpaired) electrons. The molecule has 0 spiro atoms. The molecule has 0 aromatic rings. The summed E-state index contributed by atoms with van der Waals surface area (Å²) in [7, 11) is 0. The Labute approximate surface area is 143 Å². The van der Waals surface area contributed by atoms with Crippen LogP contribution < -0.4 is 0 Å². The van der Waals surface area contributed by atoms with E-state index >= 15 is 0 Å². The number of rotatable bonds is 2. The molecule has 118 valence electrons. The number of halogens is 1. The lowest BCUT2D eigenvalue weighted by Gasteiger charge is -2.22. The van der Waals surface area contributed by atoms with E-state index in [0.29, 0.717) is 5.92 Å². The van der Waals surface area contributed by atoms with Crippen molar-refractivity contribution in [3.63, 3.8) is 0 Å². The summed E-state index contributed by atoms with van der Waals surface area (Å²) in [5.41, 5.74) is 2.10. The molecule has 3 atom stereocenters. The van der Waals surface area contributed by atoms with Crippen LogP contribution in [0.2, 0.25) is 0 Å². The third-order valence-corrected chi connectivity index (χ3v) is 5.22. The third-order valence-electron chi connectivity index (χ3n) is 3.83. The Morgan fingerprint density at radius 3 is 2.41 bits per heavy atom. The summed E-state index contributed by atoms with van der Waals surface area (Å²) in [6, 6.07) is 0. The molecule has 22 heavy (non-hydrogen) atoms. The number of allylic oxidation sites excluding steroid dienone is 8. The Bertz CT molecular complexity index is 617. The predicted molar refractivity (Wildman–Crippen MR) is 101 cm³/mol. The van der Waals surface area contributed by atoms with Gasteiger partial charge < -0.3 is 0 Å². The van der Waals surface area contributed by atoms with Crippen LogP contribution in [0.25, 0.3) is 0 Å². The van der Waals surface area contributed by atoms with Crippen LogP contribution in [0.3, 0.4) is 0 Å². The molecule has 0 saturated heterocycles. The SMILES string of the molecule is CSC1(C)C=C(F)C=CC(C2=C/C(C)(S)/C=C\[C@@H](C)/C=C\2)=C1. The van der Waals surface area contributed by atoms with Crippen LogP contribution >= 0.6 is 24.4 Å². The highest BCUT2D eigenvalue weighted by Crippen LogP contribution is 2.35. The van der Waals surface area contributed by atoms with E-state index in [0.717, 1.165) is 11.1 Å². The Kier molecular flexibility index (Phi) is 5.29. The molecule has 0 aromatic heterocycles. The fraction of sp³-hybridized carbons (Fsp3) is 0.368. The molecule has 2 aliphatic carbocycles. The molecule has 0 saturated carbocycles. The van der Waals surface area contributed by atoms with Gasteiger partial charge in [0, 0.05) is 4.75 Å². The van der Waals surface area contributed by atoms with E-state index in [1.54, 1.807) is 17.8 Å². The molecule has 0 N–H and O–H groups in total. The van der Waals surface area contributed by atoms with Crippen LogP contribution in [-0.4, -0.2) is 15.7 Å². The average Bonchev–Trinajstić information content (AvgIpc) is 2.59. The van der Waals surface area contributed by atoms with Gasteiger partial charge in [0.15, 0.2) is 0 Å². The highest BCUT2D eigenvalue weighted by molar-refractivity contribution is 8.00. The minimum atomic E-state index is -0.353. The lowest BCUT2D eigenvalue weighted by atomic mass is 9.93. The summed E-state index contributed by atoms with van der Waals surface area (Å²) in [5.74, 6) is 0.160. The second kappa shape index (κ2) is 6.67. The Morgan fingerprint density at radius 1 is 1.05 bits per heavy atom. The van der Waals surface area contributed by atoms with Crippen molar-refractivity contribution in [3.05, 3.63) is 71.7 Å². The van der Waals surface area contributed by atoms with Crippen molar-refractivity contribution in [1.82, 2.24) is 0 Å². The molecule has 3 heteroatoms. The predicted octanol–water partition coefficient (Wildman–Crippen LogP) is 5.83. The zero-order valence-corrected chi connectivity index (χ0v) is 15.2. The third kappa shape index (κ3) is 4.53. The van der Waals surface area contributed by atoms with E-state index in [1.165, 1.54) is 6.08 Å². The van der Waals surface area contributed by atoms with Crippen molar-refractivity contribution in [2.24, 2.45) is 5.92 Å². The summed E-state index contributed by atoms with van der Waals surface area (Å²) in [6.45, 7) is 6.23. The van der Waals surface area contributed by atoms with Gasteiger partial charge in [0.05, 0.1) is 4.75 Å². The topological polar surface area (TPSA) is 0 Å². The van der Waals surface area contributed by atoms with Crippen LogP contribution in [0.4, 0.5) is 4.39 Å². The van der Waals surface area contributed by atoms with Gasteiger partial charge in [-0.2, -0.15) is 24.4 Å². The second-order valence-corrected chi connectivity index (χ2v) is 8.50. The molecular weight excluding hydrogens is 311 g/mol. The Morgan fingerprint density at radius 2 is 1.73 bits per heavy atom. The standard InChI is InChI=1S/C19H23FS2/c1-14-5-6-15(11-18(2,21)10-9-14)16-7-8-17(20)13-19(3,12-16)22-4/h5-14,21H,1-4H3/b6-5-,10-9-,15-11+/t14-,18?,19?/m0/s1. The molecule has 2 aliphatic rings. The van der Waals surface area contributed by atoms with Crippen LogP contribution in [0.15, 0.2) is 71.7 Å². The number of thiol groups is 1. The van der Waals surface area contributed by atoms with Gasteiger partial charge in [0.1, 0.15) is 5.83 Å². The summed E-state index contributed by atoms with van der Waals surface area (Å²) in [4.78, 5) is 0. The maximum Gasteiger partial charge on any atom is 0.120 e. The summed E-state index contributed by atoms with van der Waals surface area (Å²) in [5, 5.41) is 0. The first-order chi connectivity index (χ1) is 10.2. The van der Waals surface area contributed by atoms with Gasteiger partial charge in [-0.3, -0.25) is 0 Å². The van der Waals surface area contributed by atoms with E-state index < -0.39 is 0 Å². The monoisotopic (exact) mass is 334 g/mol. The van der Waals surface area contributed by atoms with Crippen molar-refractivity contribution in [2.75, 3.05) is 6.26 Å². The van der Waals surface area contributed by atoms with Crippen molar-refractivity contribution < 1.29 is 4.39 Å². The minimum Gasteiger partial charge on any atom is -0.207 e. The van der Waals surface area contributed by atoms with Crippen molar-refractivity contribution in [2.45, 2.75) is 30.3 Å². The molecule has 0 aromatic carbocycles. The molecule has 0 heterocycles. The van der Waals surface area contributed by atoms with Crippen molar-refractivity contribution in [3.8, 4) is 0 Å². The highest BCUT2D eigenvalue weighted by Gasteiger charge is 2.23. The maximum atomic E-state index is 13.9. The van der Waals surface area contributed by atoms with Crippen LogP contribution in [-0.2, 0) is 0 Å². The molecule has 0 amide bonds. The smallest absolute Gasteiger partial charge is 0.120 e. The normalized spacial score (nSPS) is 40.5. The lowest BCUT2D eigenvalue weighted by Crippen LogP contribution is -2.15. The quantitative estimate of drug-likeness (QED) is 0.489. The number of hydrogen-bond donors (Lipinski definition) is 1. The van der Waals surface area contributed by atoms with Crippen molar-refractivity contribution >= 4 is 24.4 Å². The van der Waals surface area contributed by atoms with Gasteiger partial charge in [-0.05, 0) is 49.3 Å². The molecule has 0 bridgehead atoms. The van der Waals surface area contributed by atoms with E-state index in [2.05, 4.69) is 50.3 Å². The van der Waals surface area contributed by atoms with Gasteiger partial charge in [0.25, 0.3) is 0 Å². The summed E-state index contributed by atoms with van der Waals surface area (Å²) < 4.78 is 13.2. The van der Waals surface area contributed by atoms with Gasteiger partial charge in [-0.25, -0.2) is 4.39 Å². The van der Waals surface area contributed by atoms with E-state index in [1.807, 2.05) is 19.3 Å². The average molecular weight is 335 g/mol. The van der Waals surface area contributed by atoms with Crippen LogP contribution in [0.1, 0.15) is 20.8 Å². The van der Waals surface area contributed by atoms with Gasteiger partial charge in [-0.1, -0.05) is 49.5 Å². The Hall–Kier alpha value is -0.930. The van der Waals surface area contributed by atoms with E-state index in [9.17, 15) is 4.39 Å². The molecule has 0 nitrogen and oxygen atoms in total. The van der Waals surface area contributed by atoms with Gasteiger partial charge >= 0.3 is 0 Å². The van der Waals surface area contributed by atoms with Crippen LogP contribution in [0, 0.1) is 5.92 Å². The lowest BCUT2D eigenvalue weighted by molar-refractivity contribution is 0.658. The molecule has 0 aliphatic heterocycles. The first kappa shape index (κ1) is 17.4. The highest BCUT2D eigenvalue weighted by atomic mass is 32.2. The van der Waals surface area contributed by atoms with E-state index in [4.69, 9.17) is 12.6 Å². The first-order valence-corrected chi connectivity index (χ1v) is 9.08. The minimum absolute atomic E-state index is 0.194. The number of hydrogen-bond acceptors (Lipinski definition) is 2. The van der Waals surface area contributed by atoms with Gasteiger partial charge in [0.2, 0.25) is 0 Å². The van der Waals surface area contributed by atoms with Crippen molar-refractivity contribution in [1.29, 1.82) is 0 Å². The fourth-order valence-corrected chi connectivity index (χ4v) is 3.14. The fourth-order valence-electron chi connectivity index (χ4n) is 2.44. The first-order valence-electron chi connectivity index (χ1n) is 7.41. The number of thioether (sulfide) groups is 1. The van der Waals surface area contributed by atoms with Crippen LogP contribution in [0.5, 0.6) is 0 Å². The second-order valence-electron chi connectivity index (χ2n) is 6.25. The molecule has 0 fully saturated rings.